The summed E-state index contributed by atoms with van der Waals surface area (Å²) in [5.74, 6) is -0.0618. The van der Waals surface area contributed by atoms with Crippen LogP contribution in [-0.4, -0.2) is 24.0 Å². The Hall–Kier alpha value is -2.43. The van der Waals surface area contributed by atoms with E-state index in [9.17, 15) is 0 Å². The molecule has 1 saturated heterocycles. The lowest BCUT2D eigenvalue weighted by atomic mass is 9.63. The summed E-state index contributed by atoms with van der Waals surface area (Å²) in [6, 6.07) is 8.61. The third kappa shape index (κ3) is 4.39. The molecule has 4 heteroatoms. The molecule has 1 aliphatic carbocycles. The van der Waals surface area contributed by atoms with Gasteiger partial charge < -0.3 is 9.31 Å². The molecule has 1 fully saturated rings. The van der Waals surface area contributed by atoms with Crippen molar-refractivity contribution >= 4 is 12.8 Å². The molecule has 0 amide bonds. The minimum atomic E-state index is -0.408. The largest absolute Gasteiger partial charge is 0.490 e. The summed E-state index contributed by atoms with van der Waals surface area (Å²) in [5, 5.41) is 0. The first-order valence-corrected chi connectivity index (χ1v) is 11.7. The van der Waals surface area contributed by atoms with Gasteiger partial charge in [0.25, 0.3) is 0 Å². The van der Waals surface area contributed by atoms with Gasteiger partial charge in [0.15, 0.2) is 0 Å². The standard InChI is InChI=1S/C29H38BNO2/c1-11-18-31-25(13-3)26-21-16-14-15-17-24(21)27(5,6)23(12-2)22(26)19-20(4)30-32-28(7,8)29(9,10)33-30/h11-19,26H,2-3H2,1,4-10H3/b18-11-,20-19+,31-25?. The number of fused-ring (bicyclic) bond motifs is 1. The minimum absolute atomic E-state index is 0.0618. The van der Waals surface area contributed by atoms with Gasteiger partial charge in [-0.05, 0) is 75.4 Å². The number of nitrogens with zero attached hydrogens (tertiary/aromatic N) is 1. The van der Waals surface area contributed by atoms with Gasteiger partial charge in [0.1, 0.15) is 0 Å². The number of benzene rings is 1. The molecule has 0 N–H and O–H groups in total. The topological polar surface area (TPSA) is 30.8 Å². The average Bonchev–Trinajstić information content (AvgIpc) is 2.97. The van der Waals surface area contributed by atoms with Crippen LogP contribution in [0, 0.1) is 0 Å². The van der Waals surface area contributed by atoms with Crippen LogP contribution in [0.1, 0.15) is 72.4 Å². The summed E-state index contributed by atoms with van der Waals surface area (Å²) in [5.41, 5.74) is 5.81. The first-order valence-electron chi connectivity index (χ1n) is 11.7. The molecule has 3 rings (SSSR count). The number of aliphatic imine (C=N–C) groups is 1. The second kappa shape index (κ2) is 9.08. The van der Waals surface area contributed by atoms with E-state index in [0.717, 1.165) is 16.8 Å². The fourth-order valence-corrected chi connectivity index (χ4v) is 4.75. The van der Waals surface area contributed by atoms with Crippen LogP contribution in [0.3, 0.4) is 0 Å². The van der Waals surface area contributed by atoms with Crippen molar-refractivity contribution in [2.75, 3.05) is 0 Å². The van der Waals surface area contributed by atoms with Crippen molar-refractivity contribution in [3.05, 3.63) is 95.7 Å². The van der Waals surface area contributed by atoms with Gasteiger partial charge in [-0.1, -0.05) is 69.5 Å². The van der Waals surface area contributed by atoms with E-state index >= 15 is 0 Å². The van der Waals surface area contributed by atoms with Crippen molar-refractivity contribution in [3.63, 3.8) is 0 Å². The fraction of sp³-hybridized carbons (Fsp3) is 0.414. The van der Waals surface area contributed by atoms with Crippen molar-refractivity contribution in [2.24, 2.45) is 4.99 Å². The lowest BCUT2D eigenvalue weighted by molar-refractivity contribution is 0.00578. The van der Waals surface area contributed by atoms with E-state index in [1.807, 2.05) is 31.4 Å². The summed E-state index contributed by atoms with van der Waals surface area (Å²) in [6.07, 6.45) is 9.83. The van der Waals surface area contributed by atoms with Gasteiger partial charge in [-0.15, -0.1) is 0 Å². The van der Waals surface area contributed by atoms with Crippen molar-refractivity contribution in [1.82, 2.24) is 0 Å². The molecule has 1 atom stereocenters. The molecular formula is C29H38BNO2. The monoisotopic (exact) mass is 443 g/mol. The first kappa shape index (κ1) is 25.2. The zero-order valence-electron chi connectivity index (χ0n) is 21.5. The van der Waals surface area contributed by atoms with Crippen molar-refractivity contribution in [2.45, 2.75) is 77.9 Å². The molecule has 1 aromatic carbocycles. The van der Waals surface area contributed by atoms with Crippen molar-refractivity contribution in [1.29, 1.82) is 0 Å². The molecule has 3 nitrogen and oxygen atoms in total. The zero-order valence-corrected chi connectivity index (χ0v) is 21.5. The average molecular weight is 443 g/mol. The van der Waals surface area contributed by atoms with Gasteiger partial charge in [-0.3, -0.25) is 4.99 Å². The maximum Gasteiger partial charge on any atom is 0.490 e. The zero-order chi connectivity index (χ0) is 24.6. The lowest BCUT2D eigenvalue weighted by Crippen LogP contribution is -2.41. The predicted octanol–water partition coefficient (Wildman–Crippen LogP) is 7.28. The lowest BCUT2D eigenvalue weighted by Gasteiger charge is -2.40. The van der Waals surface area contributed by atoms with E-state index in [2.05, 4.69) is 92.0 Å². The summed E-state index contributed by atoms with van der Waals surface area (Å²) < 4.78 is 12.7. The van der Waals surface area contributed by atoms with Gasteiger partial charge >= 0.3 is 7.12 Å². The molecule has 33 heavy (non-hydrogen) atoms. The number of hydrogen-bond donors (Lipinski definition) is 0. The Morgan fingerprint density at radius 2 is 1.64 bits per heavy atom. The van der Waals surface area contributed by atoms with Crippen LogP contribution in [-0.2, 0) is 14.7 Å². The van der Waals surface area contributed by atoms with Crippen LogP contribution in [0.5, 0.6) is 0 Å². The molecule has 0 bridgehead atoms. The Balaban J connectivity index is 2.25. The van der Waals surface area contributed by atoms with Crippen LogP contribution in [0.15, 0.2) is 89.5 Å². The molecule has 0 saturated carbocycles. The number of hydrogen-bond acceptors (Lipinski definition) is 3. The van der Waals surface area contributed by atoms with E-state index in [4.69, 9.17) is 14.3 Å². The third-order valence-corrected chi connectivity index (χ3v) is 7.33. The maximum atomic E-state index is 6.34. The fourth-order valence-electron chi connectivity index (χ4n) is 4.75. The van der Waals surface area contributed by atoms with Crippen LogP contribution in [0.25, 0.3) is 0 Å². The highest BCUT2D eigenvalue weighted by molar-refractivity contribution is 6.54. The van der Waals surface area contributed by atoms with Crippen LogP contribution < -0.4 is 0 Å². The highest BCUT2D eigenvalue weighted by Gasteiger charge is 2.52. The van der Waals surface area contributed by atoms with E-state index in [1.165, 1.54) is 16.7 Å². The summed E-state index contributed by atoms with van der Waals surface area (Å²) in [7, 11) is -0.408. The second-order valence-corrected chi connectivity index (χ2v) is 10.4. The normalized spacial score (nSPS) is 24.2. The summed E-state index contributed by atoms with van der Waals surface area (Å²) in [6.45, 7) is 25.2. The number of rotatable bonds is 6. The van der Waals surface area contributed by atoms with Crippen LogP contribution >= 0.6 is 0 Å². The Kier molecular flexibility index (Phi) is 6.93. The smallest absolute Gasteiger partial charge is 0.400 e. The van der Waals surface area contributed by atoms with Crippen molar-refractivity contribution < 1.29 is 9.31 Å². The van der Waals surface area contributed by atoms with Gasteiger partial charge in [-0.25, -0.2) is 0 Å². The van der Waals surface area contributed by atoms with Gasteiger partial charge in [0.2, 0.25) is 0 Å². The predicted molar refractivity (Wildman–Crippen MR) is 142 cm³/mol. The van der Waals surface area contributed by atoms with E-state index in [0.29, 0.717) is 0 Å². The summed E-state index contributed by atoms with van der Waals surface area (Å²) >= 11 is 0. The Labute approximate surface area is 200 Å². The van der Waals surface area contributed by atoms with Crippen molar-refractivity contribution in [3.8, 4) is 0 Å². The summed E-state index contributed by atoms with van der Waals surface area (Å²) in [4.78, 5) is 4.76. The highest BCUT2D eigenvalue weighted by Crippen LogP contribution is 2.48. The SMILES string of the molecule is C=CC(=N/C=C\C)C1C(/C=C(\C)B2OC(C)(C)C(C)(C)O2)=C(C=C)C(C)(C)c2ccccc21. The van der Waals surface area contributed by atoms with E-state index < -0.39 is 7.12 Å². The van der Waals surface area contributed by atoms with Gasteiger partial charge in [0, 0.05) is 11.6 Å². The molecular weight excluding hydrogens is 405 g/mol. The number of allylic oxidation sites excluding steroid dienone is 7. The van der Waals surface area contributed by atoms with Crippen LogP contribution in [0.4, 0.5) is 0 Å². The molecule has 1 aromatic rings. The second-order valence-electron chi connectivity index (χ2n) is 10.4. The molecule has 1 unspecified atom stereocenters. The Bertz CT molecular complexity index is 1050. The molecule has 174 valence electrons. The van der Waals surface area contributed by atoms with Gasteiger partial charge in [-0.2, -0.15) is 0 Å². The molecule has 1 aliphatic heterocycles. The quantitative estimate of drug-likeness (QED) is 0.342. The molecule has 0 spiro atoms. The minimum Gasteiger partial charge on any atom is -0.400 e. The first-order chi connectivity index (χ1) is 15.4. The maximum absolute atomic E-state index is 6.34. The highest BCUT2D eigenvalue weighted by atomic mass is 16.7. The third-order valence-electron chi connectivity index (χ3n) is 7.33. The molecule has 0 aromatic heterocycles. The van der Waals surface area contributed by atoms with Gasteiger partial charge in [0.05, 0.1) is 22.8 Å². The molecule has 1 heterocycles. The van der Waals surface area contributed by atoms with Crippen LogP contribution in [0.2, 0.25) is 0 Å². The molecule has 0 radical (unpaired) electrons. The molecule has 2 aliphatic rings. The van der Waals surface area contributed by atoms with E-state index in [-0.39, 0.29) is 22.5 Å². The van der Waals surface area contributed by atoms with E-state index in [1.54, 1.807) is 0 Å². The Morgan fingerprint density at radius 3 is 2.18 bits per heavy atom. The Morgan fingerprint density at radius 1 is 1.03 bits per heavy atom.